The highest BCUT2D eigenvalue weighted by Gasteiger charge is 2.39. The van der Waals surface area contributed by atoms with Crippen LogP contribution in [0.2, 0.25) is 0 Å². The third kappa shape index (κ3) is 2.51. The van der Waals surface area contributed by atoms with E-state index in [-0.39, 0.29) is 5.91 Å². The van der Waals surface area contributed by atoms with Gasteiger partial charge in [-0.25, -0.2) is 0 Å². The maximum absolute atomic E-state index is 12.7. The Bertz CT molecular complexity index is 675. The SMILES string of the molecule is Cc1cc(NC(=O)C2(CN)CCCC2)c2ccccc2n1. The number of anilines is 1. The van der Waals surface area contributed by atoms with Crippen LogP contribution in [0.3, 0.4) is 0 Å². The minimum absolute atomic E-state index is 0.0539. The van der Waals surface area contributed by atoms with E-state index in [1.54, 1.807) is 0 Å². The van der Waals surface area contributed by atoms with Crippen molar-refractivity contribution < 1.29 is 4.79 Å². The Kier molecular flexibility index (Phi) is 3.64. The first-order chi connectivity index (χ1) is 10.1. The quantitative estimate of drug-likeness (QED) is 0.910. The number of amides is 1. The zero-order chi connectivity index (χ0) is 14.9. The molecule has 4 heteroatoms. The van der Waals surface area contributed by atoms with Gasteiger partial charge in [0.1, 0.15) is 0 Å². The molecule has 0 unspecified atom stereocenters. The predicted molar refractivity (Wildman–Crippen MR) is 85.1 cm³/mol. The third-order valence-electron chi connectivity index (χ3n) is 4.53. The summed E-state index contributed by atoms with van der Waals surface area (Å²) in [6, 6.07) is 9.80. The van der Waals surface area contributed by atoms with Crippen molar-refractivity contribution >= 4 is 22.5 Å². The molecule has 110 valence electrons. The molecule has 0 aliphatic heterocycles. The van der Waals surface area contributed by atoms with Crippen molar-refractivity contribution in [3.05, 3.63) is 36.0 Å². The molecule has 0 spiro atoms. The van der Waals surface area contributed by atoms with Crippen LogP contribution in [0.4, 0.5) is 5.69 Å². The summed E-state index contributed by atoms with van der Waals surface area (Å²) in [7, 11) is 0. The molecule has 1 aliphatic carbocycles. The largest absolute Gasteiger partial charge is 0.329 e. The maximum atomic E-state index is 12.7. The van der Waals surface area contributed by atoms with E-state index in [4.69, 9.17) is 5.73 Å². The van der Waals surface area contributed by atoms with Gasteiger partial charge in [-0.05, 0) is 31.9 Å². The average molecular weight is 283 g/mol. The summed E-state index contributed by atoms with van der Waals surface area (Å²) in [5.41, 5.74) is 8.14. The van der Waals surface area contributed by atoms with Gasteiger partial charge in [-0.15, -0.1) is 0 Å². The van der Waals surface area contributed by atoms with Crippen molar-refractivity contribution in [2.75, 3.05) is 11.9 Å². The lowest BCUT2D eigenvalue weighted by molar-refractivity contribution is -0.124. The number of para-hydroxylation sites is 1. The first-order valence-electron chi connectivity index (χ1n) is 7.52. The molecule has 0 bridgehead atoms. The fraction of sp³-hybridized carbons (Fsp3) is 0.412. The summed E-state index contributed by atoms with van der Waals surface area (Å²) in [6.07, 6.45) is 3.94. The molecule has 3 rings (SSSR count). The van der Waals surface area contributed by atoms with Crippen molar-refractivity contribution in [1.82, 2.24) is 4.98 Å². The van der Waals surface area contributed by atoms with Gasteiger partial charge >= 0.3 is 0 Å². The normalized spacial score (nSPS) is 17.0. The Labute approximate surface area is 124 Å². The van der Waals surface area contributed by atoms with E-state index in [1.165, 1.54) is 0 Å². The minimum atomic E-state index is -0.391. The summed E-state index contributed by atoms with van der Waals surface area (Å²) in [6.45, 7) is 2.36. The van der Waals surface area contributed by atoms with Crippen LogP contribution in [0.15, 0.2) is 30.3 Å². The molecule has 0 atom stereocenters. The number of pyridine rings is 1. The molecule has 1 heterocycles. The smallest absolute Gasteiger partial charge is 0.231 e. The number of benzene rings is 1. The fourth-order valence-corrected chi connectivity index (χ4v) is 3.24. The van der Waals surface area contributed by atoms with E-state index in [0.29, 0.717) is 6.54 Å². The number of fused-ring (bicyclic) bond motifs is 1. The van der Waals surface area contributed by atoms with Gasteiger partial charge in [-0.3, -0.25) is 9.78 Å². The van der Waals surface area contributed by atoms with Gasteiger partial charge in [-0.1, -0.05) is 31.0 Å². The monoisotopic (exact) mass is 283 g/mol. The van der Waals surface area contributed by atoms with Gasteiger partial charge in [0.2, 0.25) is 5.91 Å². The van der Waals surface area contributed by atoms with Gasteiger partial charge < -0.3 is 11.1 Å². The van der Waals surface area contributed by atoms with E-state index < -0.39 is 5.41 Å². The standard InChI is InChI=1S/C17H21N3O/c1-12-10-15(13-6-2-3-7-14(13)19-12)20-16(21)17(11-18)8-4-5-9-17/h2-3,6-7,10H,4-5,8-9,11,18H2,1H3,(H,19,20,21). The number of rotatable bonds is 3. The van der Waals surface area contributed by atoms with Crippen LogP contribution in [-0.2, 0) is 4.79 Å². The van der Waals surface area contributed by atoms with E-state index in [0.717, 1.165) is 48.0 Å². The third-order valence-corrected chi connectivity index (χ3v) is 4.53. The Morgan fingerprint density at radius 2 is 2.05 bits per heavy atom. The van der Waals surface area contributed by atoms with Gasteiger partial charge in [0.15, 0.2) is 0 Å². The van der Waals surface area contributed by atoms with Crippen LogP contribution in [0.25, 0.3) is 10.9 Å². The van der Waals surface area contributed by atoms with Crippen molar-refractivity contribution in [1.29, 1.82) is 0 Å². The summed E-state index contributed by atoms with van der Waals surface area (Å²) in [4.78, 5) is 17.2. The number of hydrogen-bond acceptors (Lipinski definition) is 3. The molecule has 1 saturated carbocycles. The van der Waals surface area contributed by atoms with Crippen molar-refractivity contribution in [2.45, 2.75) is 32.6 Å². The molecule has 0 saturated heterocycles. The highest BCUT2D eigenvalue weighted by molar-refractivity contribution is 6.03. The highest BCUT2D eigenvalue weighted by atomic mass is 16.2. The molecule has 4 nitrogen and oxygen atoms in total. The van der Waals surface area contributed by atoms with Crippen molar-refractivity contribution in [3.8, 4) is 0 Å². The van der Waals surface area contributed by atoms with Gasteiger partial charge in [0.05, 0.1) is 16.6 Å². The lowest BCUT2D eigenvalue weighted by atomic mass is 9.85. The molecule has 3 N–H and O–H groups in total. The number of hydrogen-bond donors (Lipinski definition) is 2. The number of carbonyl (C=O) groups excluding carboxylic acids is 1. The van der Waals surface area contributed by atoms with Crippen LogP contribution in [0, 0.1) is 12.3 Å². The highest BCUT2D eigenvalue weighted by Crippen LogP contribution is 2.38. The molecular weight excluding hydrogens is 262 g/mol. The topological polar surface area (TPSA) is 68.0 Å². The van der Waals surface area contributed by atoms with Gasteiger partial charge in [0, 0.05) is 17.6 Å². The number of aryl methyl sites for hydroxylation is 1. The number of nitrogens with two attached hydrogens (primary N) is 1. The first-order valence-corrected chi connectivity index (χ1v) is 7.52. The summed E-state index contributed by atoms with van der Waals surface area (Å²) in [5.74, 6) is 0.0539. The Balaban J connectivity index is 1.96. The van der Waals surface area contributed by atoms with Crippen molar-refractivity contribution in [3.63, 3.8) is 0 Å². The summed E-state index contributed by atoms with van der Waals surface area (Å²) >= 11 is 0. The number of carbonyl (C=O) groups is 1. The molecule has 21 heavy (non-hydrogen) atoms. The van der Waals surface area contributed by atoms with Crippen LogP contribution >= 0.6 is 0 Å². The first kappa shape index (κ1) is 14.0. The van der Waals surface area contributed by atoms with Crippen LogP contribution < -0.4 is 11.1 Å². The number of nitrogens with zero attached hydrogens (tertiary/aromatic N) is 1. The van der Waals surface area contributed by atoms with Crippen molar-refractivity contribution in [2.24, 2.45) is 11.1 Å². The predicted octanol–water partition coefficient (Wildman–Crippen LogP) is 3.00. The molecule has 1 fully saturated rings. The Hall–Kier alpha value is -1.94. The molecule has 1 aromatic carbocycles. The lowest BCUT2D eigenvalue weighted by Gasteiger charge is -2.26. The second-order valence-corrected chi connectivity index (χ2v) is 5.97. The van der Waals surface area contributed by atoms with Crippen LogP contribution in [0.5, 0.6) is 0 Å². The van der Waals surface area contributed by atoms with Crippen LogP contribution in [0.1, 0.15) is 31.4 Å². The van der Waals surface area contributed by atoms with Gasteiger partial charge in [0.25, 0.3) is 0 Å². The average Bonchev–Trinajstić information content (AvgIpc) is 2.97. The zero-order valence-corrected chi connectivity index (χ0v) is 12.4. The lowest BCUT2D eigenvalue weighted by Crippen LogP contribution is -2.40. The Morgan fingerprint density at radius 3 is 2.76 bits per heavy atom. The van der Waals surface area contributed by atoms with E-state index in [2.05, 4.69) is 10.3 Å². The van der Waals surface area contributed by atoms with E-state index in [1.807, 2.05) is 37.3 Å². The maximum Gasteiger partial charge on any atom is 0.231 e. The number of nitrogens with one attached hydrogen (secondary N) is 1. The molecule has 2 aromatic rings. The number of aromatic nitrogens is 1. The van der Waals surface area contributed by atoms with E-state index in [9.17, 15) is 4.79 Å². The molecule has 1 aliphatic rings. The Morgan fingerprint density at radius 1 is 1.33 bits per heavy atom. The molecule has 1 amide bonds. The van der Waals surface area contributed by atoms with Gasteiger partial charge in [-0.2, -0.15) is 0 Å². The zero-order valence-electron chi connectivity index (χ0n) is 12.4. The summed E-state index contributed by atoms with van der Waals surface area (Å²) < 4.78 is 0. The van der Waals surface area contributed by atoms with E-state index >= 15 is 0 Å². The molecular formula is C17H21N3O. The molecule has 1 aromatic heterocycles. The van der Waals surface area contributed by atoms with Crippen LogP contribution in [-0.4, -0.2) is 17.4 Å². The minimum Gasteiger partial charge on any atom is -0.329 e. The fourth-order valence-electron chi connectivity index (χ4n) is 3.24. The molecule has 0 radical (unpaired) electrons. The second-order valence-electron chi connectivity index (χ2n) is 5.97. The second kappa shape index (κ2) is 5.45. The summed E-state index contributed by atoms with van der Waals surface area (Å²) in [5, 5.41) is 4.07.